The van der Waals surface area contributed by atoms with Crippen molar-refractivity contribution in [1.29, 1.82) is 0 Å². The molecule has 0 aliphatic heterocycles. The normalized spacial score (nSPS) is 10.3. The minimum absolute atomic E-state index is 0.0578. The van der Waals surface area contributed by atoms with E-state index >= 15 is 0 Å². The van der Waals surface area contributed by atoms with Gasteiger partial charge in [0.25, 0.3) is 5.91 Å². The first-order valence-electron chi connectivity index (χ1n) is 6.38. The third-order valence-corrected chi connectivity index (χ3v) is 2.59. The van der Waals surface area contributed by atoms with Crippen LogP contribution in [0, 0.1) is 0 Å². The van der Waals surface area contributed by atoms with Crippen molar-refractivity contribution < 1.29 is 9.59 Å². The van der Waals surface area contributed by atoms with E-state index < -0.39 is 0 Å². The molecule has 0 unspecified atom stereocenters. The highest BCUT2D eigenvalue weighted by Crippen LogP contribution is 2.09. The van der Waals surface area contributed by atoms with Crippen molar-refractivity contribution in [2.45, 2.75) is 26.8 Å². The average Bonchev–Trinajstić information content (AvgIpc) is 2.34. The summed E-state index contributed by atoms with van der Waals surface area (Å²) in [5.41, 5.74) is 6.69. The predicted molar refractivity (Wildman–Crippen MR) is 75.7 cm³/mol. The van der Waals surface area contributed by atoms with Gasteiger partial charge in [0.05, 0.1) is 6.54 Å². The first kappa shape index (κ1) is 15.0. The second kappa shape index (κ2) is 6.78. The number of nitrogen functional groups attached to an aromatic ring is 1. The first-order chi connectivity index (χ1) is 8.93. The molecule has 1 aromatic carbocycles. The van der Waals surface area contributed by atoms with Gasteiger partial charge in [-0.25, -0.2) is 0 Å². The molecule has 19 heavy (non-hydrogen) atoms. The smallest absolute Gasteiger partial charge is 0.254 e. The van der Waals surface area contributed by atoms with E-state index in [0.29, 0.717) is 17.8 Å². The summed E-state index contributed by atoms with van der Waals surface area (Å²) in [6.45, 7) is 6.14. The number of nitrogens with two attached hydrogens (primary N) is 1. The van der Waals surface area contributed by atoms with Crippen LogP contribution in [0.4, 0.5) is 5.69 Å². The summed E-state index contributed by atoms with van der Waals surface area (Å²) >= 11 is 0. The van der Waals surface area contributed by atoms with Crippen LogP contribution < -0.4 is 11.1 Å². The summed E-state index contributed by atoms with van der Waals surface area (Å²) < 4.78 is 0. The lowest BCUT2D eigenvalue weighted by Crippen LogP contribution is -2.42. The number of benzene rings is 1. The molecular formula is C14H21N3O2. The minimum Gasteiger partial charge on any atom is -0.399 e. The monoisotopic (exact) mass is 263 g/mol. The van der Waals surface area contributed by atoms with E-state index in [9.17, 15) is 9.59 Å². The summed E-state index contributed by atoms with van der Waals surface area (Å²) in [5.74, 6) is -0.345. The quantitative estimate of drug-likeness (QED) is 0.785. The molecule has 104 valence electrons. The summed E-state index contributed by atoms with van der Waals surface area (Å²) in [6, 6.07) is 6.82. The highest BCUT2D eigenvalue weighted by molar-refractivity contribution is 5.97. The zero-order chi connectivity index (χ0) is 14.4. The fraction of sp³-hybridized carbons (Fsp3) is 0.429. The van der Waals surface area contributed by atoms with Gasteiger partial charge >= 0.3 is 0 Å². The Labute approximate surface area is 113 Å². The molecule has 0 fully saturated rings. The van der Waals surface area contributed by atoms with Crippen molar-refractivity contribution in [3.05, 3.63) is 29.8 Å². The van der Waals surface area contributed by atoms with E-state index in [-0.39, 0.29) is 24.4 Å². The van der Waals surface area contributed by atoms with E-state index in [1.54, 1.807) is 24.3 Å². The Kier molecular flexibility index (Phi) is 5.36. The van der Waals surface area contributed by atoms with Crippen molar-refractivity contribution in [2.75, 3.05) is 18.8 Å². The summed E-state index contributed by atoms with van der Waals surface area (Å²) in [6.07, 6.45) is 0. The molecule has 0 radical (unpaired) electrons. The van der Waals surface area contributed by atoms with Crippen LogP contribution in [0.25, 0.3) is 0 Å². The maximum Gasteiger partial charge on any atom is 0.254 e. The number of hydrogen-bond donors (Lipinski definition) is 2. The molecule has 0 heterocycles. The van der Waals surface area contributed by atoms with Crippen LogP contribution in [0.2, 0.25) is 0 Å². The molecule has 0 aromatic heterocycles. The molecule has 0 aliphatic rings. The van der Waals surface area contributed by atoms with Crippen LogP contribution in [-0.4, -0.2) is 35.8 Å². The molecule has 1 rings (SSSR count). The number of anilines is 1. The van der Waals surface area contributed by atoms with E-state index in [0.717, 1.165) is 0 Å². The van der Waals surface area contributed by atoms with Crippen molar-refractivity contribution in [2.24, 2.45) is 0 Å². The van der Waals surface area contributed by atoms with Gasteiger partial charge in [0, 0.05) is 23.8 Å². The van der Waals surface area contributed by atoms with Gasteiger partial charge in [0.2, 0.25) is 5.91 Å². The molecule has 0 bridgehead atoms. The second-order valence-corrected chi connectivity index (χ2v) is 4.67. The Morgan fingerprint density at radius 3 is 2.58 bits per heavy atom. The van der Waals surface area contributed by atoms with Crippen LogP contribution >= 0.6 is 0 Å². The third-order valence-electron chi connectivity index (χ3n) is 2.59. The summed E-state index contributed by atoms with van der Waals surface area (Å²) in [7, 11) is 0. The molecule has 1 aromatic rings. The van der Waals surface area contributed by atoms with Gasteiger partial charge < -0.3 is 16.0 Å². The fourth-order valence-electron chi connectivity index (χ4n) is 1.72. The molecule has 0 aliphatic carbocycles. The van der Waals surface area contributed by atoms with Crippen LogP contribution in [0.15, 0.2) is 24.3 Å². The number of likely N-dealkylation sites (N-methyl/N-ethyl adjacent to an activating group) is 1. The van der Waals surface area contributed by atoms with Crippen LogP contribution in [0.5, 0.6) is 0 Å². The highest BCUT2D eigenvalue weighted by Gasteiger charge is 2.17. The van der Waals surface area contributed by atoms with Gasteiger partial charge in [0.15, 0.2) is 0 Å². The van der Waals surface area contributed by atoms with E-state index in [4.69, 9.17) is 5.73 Å². The molecule has 0 saturated carbocycles. The fourth-order valence-corrected chi connectivity index (χ4v) is 1.72. The van der Waals surface area contributed by atoms with Gasteiger partial charge in [-0.2, -0.15) is 0 Å². The van der Waals surface area contributed by atoms with Crippen molar-refractivity contribution in [1.82, 2.24) is 10.2 Å². The van der Waals surface area contributed by atoms with Crippen molar-refractivity contribution in [3.8, 4) is 0 Å². The number of rotatable bonds is 5. The number of nitrogens with one attached hydrogen (secondary N) is 1. The summed E-state index contributed by atoms with van der Waals surface area (Å²) in [4.78, 5) is 25.4. The zero-order valence-electron chi connectivity index (χ0n) is 11.6. The third kappa shape index (κ3) is 4.62. The maximum absolute atomic E-state index is 12.2. The second-order valence-electron chi connectivity index (χ2n) is 4.67. The SMILES string of the molecule is CCN(CC(=O)NC(C)C)C(=O)c1cccc(N)c1. The Bertz CT molecular complexity index is 458. The van der Waals surface area contributed by atoms with Crippen molar-refractivity contribution >= 4 is 17.5 Å². The lowest BCUT2D eigenvalue weighted by molar-refractivity contribution is -0.122. The predicted octanol–water partition coefficient (Wildman–Crippen LogP) is 1.26. The molecule has 3 N–H and O–H groups in total. The molecule has 2 amide bonds. The van der Waals surface area contributed by atoms with Crippen LogP contribution in [0.3, 0.4) is 0 Å². The molecule has 0 spiro atoms. The standard InChI is InChI=1S/C14H21N3O2/c1-4-17(9-13(18)16-10(2)3)14(19)11-6-5-7-12(15)8-11/h5-8,10H,4,9,15H2,1-3H3,(H,16,18). The average molecular weight is 263 g/mol. The molecule has 0 atom stereocenters. The molecular weight excluding hydrogens is 242 g/mol. The number of amides is 2. The Morgan fingerprint density at radius 2 is 2.05 bits per heavy atom. The Morgan fingerprint density at radius 1 is 1.37 bits per heavy atom. The number of nitrogens with zero attached hydrogens (tertiary/aromatic N) is 1. The van der Waals surface area contributed by atoms with Gasteiger partial charge in [-0.1, -0.05) is 6.07 Å². The maximum atomic E-state index is 12.2. The zero-order valence-corrected chi connectivity index (χ0v) is 11.6. The minimum atomic E-state index is -0.186. The molecule has 5 heteroatoms. The largest absolute Gasteiger partial charge is 0.399 e. The van der Waals surface area contributed by atoms with Gasteiger partial charge in [-0.05, 0) is 39.0 Å². The number of carbonyl (C=O) groups excluding carboxylic acids is 2. The lowest BCUT2D eigenvalue weighted by atomic mass is 10.1. The van der Waals surface area contributed by atoms with Gasteiger partial charge in [-0.15, -0.1) is 0 Å². The lowest BCUT2D eigenvalue weighted by Gasteiger charge is -2.21. The first-order valence-corrected chi connectivity index (χ1v) is 6.38. The van der Waals surface area contributed by atoms with Gasteiger partial charge in [-0.3, -0.25) is 9.59 Å². The summed E-state index contributed by atoms with van der Waals surface area (Å²) in [5, 5.41) is 2.77. The van der Waals surface area contributed by atoms with E-state index in [1.807, 2.05) is 20.8 Å². The molecule has 5 nitrogen and oxygen atoms in total. The number of hydrogen-bond acceptors (Lipinski definition) is 3. The Hall–Kier alpha value is -2.04. The van der Waals surface area contributed by atoms with Gasteiger partial charge in [0.1, 0.15) is 0 Å². The highest BCUT2D eigenvalue weighted by atomic mass is 16.2. The Balaban J connectivity index is 2.74. The van der Waals surface area contributed by atoms with Crippen LogP contribution in [-0.2, 0) is 4.79 Å². The number of carbonyl (C=O) groups is 2. The van der Waals surface area contributed by atoms with E-state index in [1.165, 1.54) is 4.90 Å². The van der Waals surface area contributed by atoms with Crippen LogP contribution in [0.1, 0.15) is 31.1 Å². The molecule has 0 saturated heterocycles. The van der Waals surface area contributed by atoms with Crippen molar-refractivity contribution in [3.63, 3.8) is 0 Å². The van der Waals surface area contributed by atoms with E-state index in [2.05, 4.69) is 5.32 Å². The topological polar surface area (TPSA) is 75.4 Å².